The van der Waals surface area contributed by atoms with Gasteiger partial charge in [-0.1, -0.05) is 26.0 Å². The van der Waals surface area contributed by atoms with Crippen molar-refractivity contribution in [3.63, 3.8) is 0 Å². The predicted octanol–water partition coefficient (Wildman–Crippen LogP) is 2.27. The van der Waals surface area contributed by atoms with Crippen molar-refractivity contribution in [3.8, 4) is 0 Å². The number of anilines is 1. The second-order valence-corrected chi connectivity index (χ2v) is 8.71. The minimum atomic E-state index is -1.19. The lowest BCUT2D eigenvalue weighted by Crippen LogP contribution is -2.28. The number of carboxylic acids is 2. The molecule has 1 aromatic carbocycles. The van der Waals surface area contributed by atoms with E-state index in [-0.39, 0.29) is 22.2 Å². The summed E-state index contributed by atoms with van der Waals surface area (Å²) in [5.74, 6) is -2.97. The lowest BCUT2D eigenvalue weighted by atomic mass is 9.93. The third-order valence-electron chi connectivity index (χ3n) is 5.15. The Kier molecular flexibility index (Phi) is 6.34. The molecule has 0 spiro atoms. The van der Waals surface area contributed by atoms with E-state index in [0.29, 0.717) is 16.6 Å². The van der Waals surface area contributed by atoms with Gasteiger partial charge < -0.3 is 19.9 Å². The van der Waals surface area contributed by atoms with Crippen molar-refractivity contribution < 1.29 is 29.0 Å². The molecule has 2 aromatic heterocycles. The molecule has 0 radical (unpaired) electrons. The Morgan fingerprint density at radius 2 is 1.88 bits per heavy atom. The van der Waals surface area contributed by atoms with Crippen LogP contribution in [0.5, 0.6) is 0 Å². The zero-order valence-corrected chi connectivity index (χ0v) is 18.6. The number of carboxylic acid groups (broad SMARTS) is 2. The van der Waals surface area contributed by atoms with Crippen molar-refractivity contribution in [1.82, 2.24) is 15.0 Å². The number of nitrogens with zero attached hydrogens (tertiary/aromatic N) is 3. The van der Waals surface area contributed by atoms with E-state index in [4.69, 9.17) is 9.52 Å². The summed E-state index contributed by atoms with van der Waals surface area (Å²) in [6, 6.07) is 3.41. The van der Waals surface area contributed by atoms with E-state index in [9.17, 15) is 24.3 Å². The first-order valence-corrected chi connectivity index (χ1v) is 10.1. The first-order chi connectivity index (χ1) is 15.4. The zero-order valence-electron chi connectivity index (χ0n) is 18.6. The molecule has 0 saturated heterocycles. The number of aliphatic carboxylic acids is 2. The maximum Gasteiger partial charge on any atom is 0.340 e. The normalized spacial score (nSPS) is 12.5. The van der Waals surface area contributed by atoms with Gasteiger partial charge >= 0.3 is 17.6 Å². The molecular formula is C22H24N4O7. The van der Waals surface area contributed by atoms with E-state index in [0.717, 1.165) is 0 Å². The van der Waals surface area contributed by atoms with E-state index < -0.39 is 42.4 Å². The van der Waals surface area contributed by atoms with Crippen LogP contribution in [0.2, 0.25) is 0 Å². The molecule has 1 amide bonds. The topological polar surface area (TPSA) is 165 Å². The van der Waals surface area contributed by atoms with Gasteiger partial charge in [-0.25, -0.2) is 9.48 Å². The van der Waals surface area contributed by atoms with Crippen LogP contribution in [0.15, 0.2) is 33.6 Å². The molecule has 3 aromatic rings. The van der Waals surface area contributed by atoms with Crippen LogP contribution in [0.25, 0.3) is 11.0 Å². The molecular weight excluding hydrogens is 432 g/mol. The lowest BCUT2D eigenvalue weighted by molar-refractivity contribution is -0.140. The third-order valence-corrected chi connectivity index (χ3v) is 5.15. The Labute approximate surface area is 188 Å². The van der Waals surface area contributed by atoms with Crippen LogP contribution in [-0.2, 0) is 26.2 Å². The Morgan fingerprint density at radius 3 is 2.45 bits per heavy atom. The number of aryl methyl sites for hydroxylation is 1. The monoisotopic (exact) mass is 456 g/mol. The average molecular weight is 456 g/mol. The van der Waals surface area contributed by atoms with Gasteiger partial charge in [0.1, 0.15) is 11.6 Å². The summed E-state index contributed by atoms with van der Waals surface area (Å²) >= 11 is 0. The highest BCUT2D eigenvalue weighted by Crippen LogP contribution is 2.25. The van der Waals surface area contributed by atoms with Crippen molar-refractivity contribution in [1.29, 1.82) is 0 Å². The molecule has 1 atom stereocenters. The predicted molar refractivity (Wildman–Crippen MR) is 117 cm³/mol. The lowest BCUT2D eigenvalue weighted by Gasteiger charge is -2.16. The van der Waals surface area contributed by atoms with Gasteiger partial charge in [-0.3, -0.25) is 14.4 Å². The molecule has 2 heterocycles. The maximum absolute atomic E-state index is 12.9. The second-order valence-electron chi connectivity index (χ2n) is 8.71. The van der Waals surface area contributed by atoms with Gasteiger partial charge in [0.05, 0.1) is 24.1 Å². The van der Waals surface area contributed by atoms with E-state index in [1.165, 1.54) is 10.7 Å². The Balaban J connectivity index is 1.92. The number of fused-ring (bicyclic) bond motifs is 1. The maximum atomic E-state index is 12.9. The van der Waals surface area contributed by atoms with Gasteiger partial charge in [-0.2, -0.15) is 0 Å². The fraction of sp³-hybridized carbons (Fsp3) is 0.364. The SMILES string of the molecule is Cc1c(CC(=O)O)c(=O)oc2cc(NC(=O)C(CC(=O)O)n3cc(C(C)(C)C)nn3)ccc12. The summed E-state index contributed by atoms with van der Waals surface area (Å²) in [5, 5.41) is 29.4. The Bertz CT molecular complexity index is 1300. The molecule has 33 heavy (non-hydrogen) atoms. The minimum Gasteiger partial charge on any atom is -0.481 e. The van der Waals surface area contributed by atoms with E-state index >= 15 is 0 Å². The van der Waals surface area contributed by atoms with Crippen LogP contribution in [0.1, 0.15) is 50.1 Å². The van der Waals surface area contributed by atoms with Gasteiger partial charge in [0.2, 0.25) is 5.91 Å². The Hall–Kier alpha value is -4.02. The summed E-state index contributed by atoms with van der Waals surface area (Å²) in [5.41, 5.74) is 0.451. The van der Waals surface area contributed by atoms with Crippen molar-refractivity contribution in [2.75, 3.05) is 5.32 Å². The highest BCUT2D eigenvalue weighted by molar-refractivity contribution is 5.97. The molecule has 1 unspecified atom stereocenters. The molecule has 0 fully saturated rings. The smallest absolute Gasteiger partial charge is 0.340 e. The van der Waals surface area contributed by atoms with Crippen molar-refractivity contribution >= 4 is 34.5 Å². The molecule has 11 nitrogen and oxygen atoms in total. The largest absolute Gasteiger partial charge is 0.481 e. The molecule has 3 N–H and O–H groups in total. The first kappa shape index (κ1) is 23.6. The Morgan fingerprint density at radius 1 is 1.18 bits per heavy atom. The van der Waals surface area contributed by atoms with E-state index in [1.807, 2.05) is 20.8 Å². The number of amides is 1. The molecule has 0 aliphatic heterocycles. The van der Waals surface area contributed by atoms with Crippen LogP contribution in [0.4, 0.5) is 5.69 Å². The quantitative estimate of drug-likeness (QED) is 0.452. The van der Waals surface area contributed by atoms with Crippen LogP contribution in [0, 0.1) is 6.92 Å². The number of nitrogens with one attached hydrogen (secondary N) is 1. The number of carbonyl (C=O) groups is 3. The summed E-state index contributed by atoms with van der Waals surface area (Å²) < 4.78 is 6.47. The summed E-state index contributed by atoms with van der Waals surface area (Å²) in [4.78, 5) is 47.5. The summed E-state index contributed by atoms with van der Waals surface area (Å²) in [6.07, 6.45) is 0.562. The first-order valence-electron chi connectivity index (χ1n) is 10.1. The number of rotatable bonds is 7. The van der Waals surface area contributed by atoms with Gasteiger partial charge in [0, 0.05) is 28.8 Å². The van der Waals surface area contributed by atoms with Crippen LogP contribution in [0.3, 0.4) is 0 Å². The standard InChI is InChI=1S/C22H24N4O7/c1-11-13-6-5-12(7-16(13)33-21(32)14(11)8-18(27)28)23-20(31)15(9-19(29)30)26-10-17(24-25-26)22(2,3)4/h5-7,10,15H,8-9H2,1-4H3,(H,23,31)(H,27,28)(H,29,30). The van der Waals surface area contributed by atoms with Crippen LogP contribution >= 0.6 is 0 Å². The number of aromatic nitrogens is 3. The van der Waals surface area contributed by atoms with Gasteiger partial charge in [0.25, 0.3) is 0 Å². The fourth-order valence-corrected chi connectivity index (χ4v) is 3.30. The number of carbonyl (C=O) groups excluding carboxylic acids is 1. The van der Waals surface area contributed by atoms with E-state index in [1.54, 1.807) is 25.3 Å². The fourth-order valence-electron chi connectivity index (χ4n) is 3.30. The number of benzene rings is 1. The summed E-state index contributed by atoms with van der Waals surface area (Å²) in [6.45, 7) is 7.37. The van der Waals surface area contributed by atoms with Gasteiger partial charge in [-0.05, 0) is 24.6 Å². The molecule has 0 aliphatic carbocycles. The van der Waals surface area contributed by atoms with Gasteiger partial charge in [-0.15, -0.1) is 5.10 Å². The van der Waals surface area contributed by atoms with E-state index in [2.05, 4.69) is 15.6 Å². The minimum absolute atomic E-state index is 0.0501. The van der Waals surface area contributed by atoms with Gasteiger partial charge in [0.15, 0.2) is 0 Å². The van der Waals surface area contributed by atoms with Crippen LogP contribution in [-0.4, -0.2) is 43.1 Å². The highest BCUT2D eigenvalue weighted by Gasteiger charge is 2.27. The summed E-state index contributed by atoms with van der Waals surface area (Å²) in [7, 11) is 0. The number of hydrogen-bond donors (Lipinski definition) is 3. The molecule has 3 rings (SSSR count). The molecule has 0 aliphatic rings. The average Bonchev–Trinajstić information content (AvgIpc) is 3.19. The molecule has 174 valence electrons. The number of hydrogen-bond acceptors (Lipinski definition) is 7. The molecule has 0 saturated carbocycles. The third kappa shape index (κ3) is 5.25. The van der Waals surface area contributed by atoms with Crippen molar-refractivity contribution in [2.45, 2.75) is 52.0 Å². The van der Waals surface area contributed by atoms with Crippen LogP contribution < -0.4 is 10.9 Å². The van der Waals surface area contributed by atoms with Crippen molar-refractivity contribution in [2.24, 2.45) is 0 Å². The van der Waals surface area contributed by atoms with Crippen molar-refractivity contribution in [3.05, 3.63) is 51.6 Å². The zero-order chi connectivity index (χ0) is 24.5. The highest BCUT2D eigenvalue weighted by atomic mass is 16.4. The molecule has 0 bridgehead atoms. The second kappa shape index (κ2) is 8.85. The molecule has 11 heteroatoms.